The molecule has 180 valence electrons. The third-order valence-electron chi connectivity index (χ3n) is 7.02. The van der Waals surface area contributed by atoms with E-state index in [2.05, 4.69) is 10.2 Å². The number of nitrogens with zero attached hydrogens (tertiary/aromatic N) is 3. The van der Waals surface area contributed by atoms with Crippen molar-refractivity contribution in [1.82, 2.24) is 10.2 Å². The number of piperazine rings is 1. The van der Waals surface area contributed by atoms with E-state index in [9.17, 15) is 24.8 Å². The summed E-state index contributed by atoms with van der Waals surface area (Å²) in [6.07, 6.45) is 3.35. The normalized spacial score (nSPS) is 18.4. The van der Waals surface area contributed by atoms with Gasteiger partial charge in [0.15, 0.2) is 0 Å². The Bertz CT molecular complexity index is 1010. The fourth-order valence-corrected chi connectivity index (χ4v) is 5.06. The van der Waals surface area contributed by atoms with Gasteiger partial charge in [-0.2, -0.15) is 0 Å². The molecule has 2 fully saturated rings. The Morgan fingerprint density at radius 1 is 1.00 bits per heavy atom. The third kappa shape index (κ3) is 4.75. The topological polar surface area (TPSA) is 116 Å². The summed E-state index contributed by atoms with van der Waals surface area (Å²) in [5.41, 5.74) is 1.18. The van der Waals surface area contributed by atoms with E-state index in [4.69, 9.17) is 0 Å². The van der Waals surface area contributed by atoms with Crippen LogP contribution in [0.5, 0.6) is 0 Å². The maximum absolute atomic E-state index is 13.4. The van der Waals surface area contributed by atoms with E-state index >= 15 is 0 Å². The van der Waals surface area contributed by atoms with Crippen LogP contribution in [0.2, 0.25) is 0 Å². The number of benzene rings is 2. The van der Waals surface area contributed by atoms with E-state index in [0.29, 0.717) is 26.2 Å². The number of nitro groups is 1. The van der Waals surface area contributed by atoms with Crippen LogP contribution in [0.3, 0.4) is 0 Å². The van der Waals surface area contributed by atoms with Gasteiger partial charge in [-0.15, -0.1) is 0 Å². The van der Waals surface area contributed by atoms with Crippen LogP contribution in [0.1, 0.15) is 31.2 Å². The van der Waals surface area contributed by atoms with Gasteiger partial charge in [0, 0.05) is 44.0 Å². The Morgan fingerprint density at radius 3 is 2.18 bits per heavy atom. The maximum atomic E-state index is 13.4. The van der Waals surface area contributed by atoms with E-state index < -0.39 is 23.0 Å². The Hall–Kier alpha value is -3.46. The largest absolute Gasteiger partial charge is 0.394 e. The SMILES string of the molecule is O=C([C@H](CO)NC(=O)C1(c2ccccc2)CCCC1)N1CCN(c2ccc([N+](=O)[O-])cc2)CC1. The van der Waals surface area contributed by atoms with Gasteiger partial charge in [0.1, 0.15) is 6.04 Å². The molecule has 2 aromatic carbocycles. The Labute approximate surface area is 198 Å². The van der Waals surface area contributed by atoms with E-state index in [1.807, 2.05) is 30.3 Å². The van der Waals surface area contributed by atoms with Crippen molar-refractivity contribution in [2.24, 2.45) is 0 Å². The molecule has 2 aliphatic rings. The van der Waals surface area contributed by atoms with Gasteiger partial charge in [0.25, 0.3) is 5.69 Å². The predicted octanol–water partition coefficient (Wildman–Crippen LogP) is 2.23. The van der Waals surface area contributed by atoms with E-state index in [1.165, 1.54) is 12.1 Å². The summed E-state index contributed by atoms with van der Waals surface area (Å²) in [5.74, 6) is -0.492. The lowest BCUT2D eigenvalue weighted by Gasteiger charge is -2.38. The number of hydrogen-bond acceptors (Lipinski definition) is 6. The second-order valence-corrected chi connectivity index (χ2v) is 8.95. The summed E-state index contributed by atoms with van der Waals surface area (Å²) >= 11 is 0. The first-order valence-electron chi connectivity index (χ1n) is 11.7. The molecule has 0 bridgehead atoms. The summed E-state index contributed by atoms with van der Waals surface area (Å²) in [7, 11) is 0. The molecule has 9 nitrogen and oxygen atoms in total. The minimum absolute atomic E-state index is 0.0367. The number of rotatable bonds is 7. The van der Waals surface area contributed by atoms with Crippen molar-refractivity contribution in [3.05, 3.63) is 70.3 Å². The van der Waals surface area contributed by atoms with Crippen molar-refractivity contribution in [3.8, 4) is 0 Å². The molecule has 9 heteroatoms. The zero-order valence-electron chi connectivity index (χ0n) is 19.1. The number of carbonyl (C=O) groups is 2. The lowest BCUT2D eigenvalue weighted by atomic mass is 9.78. The van der Waals surface area contributed by atoms with Gasteiger partial charge < -0.3 is 20.2 Å². The summed E-state index contributed by atoms with van der Waals surface area (Å²) < 4.78 is 0. The Balaban J connectivity index is 1.38. The molecule has 0 radical (unpaired) electrons. The van der Waals surface area contributed by atoms with Crippen LogP contribution in [0, 0.1) is 10.1 Å². The molecule has 0 aromatic heterocycles. The minimum Gasteiger partial charge on any atom is -0.394 e. The Kier molecular flexibility index (Phi) is 7.12. The van der Waals surface area contributed by atoms with Crippen molar-refractivity contribution in [3.63, 3.8) is 0 Å². The quantitative estimate of drug-likeness (QED) is 0.478. The molecular formula is C25H30N4O5. The van der Waals surface area contributed by atoms with E-state index in [0.717, 1.165) is 36.9 Å². The standard InChI is InChI=1S/C25H30N4O5/c30-18-22(26-24(32)25(12-4-5-13-25)19-6-2-1-3-7-19)23(31)28-16-14-27(15-17-28)20-8-10-21(11-9-20)29(33)34/h1-3,6-11,22,30H,4-5,12-18H2,(H,26,32)/t22-/m0/s1. The average Bonchev–Trinajstić information content (AvgIpc) is 3.39. The summed E-state index contributed by atoms with van der Waals surface area (Å²) in [5, 5.41) is 23.7. The van der Waals surface area contributed by atoms with Crippen LogP contribution in [-0.4, -0.2) is 65.6 Å². The third-order valence-corrected chi connectivity index (χ3v) is 7.02. The first-order chi connectivity index (χ1) is 16.4. The molecule has 2 aromatic rings. The summed E-state index contributed by atoms with van der Waals surface area (Å²) in [6.45, 7) is 1.53. The van der Waals surface area contributed by atoms with Gasteiger partial charge in [-0.1, -0.05) is 43.2 Å². The Morgan fingerprint density at radius 2 is 1.62 bits per heavy atom. The van der Waals surface area contributed by atoms with Gasteiger partial charge >= 0.3 is 0 Å². The monoisotopic (exact) mass is 466 g/mol. The predicted molar refractivity (Wildman–Crippen MR) is 127 cm³/mol. The fraction of sp³-hybridized carbons (Fsp3) is 0.440. The van der Waals surface area contributed by atoms with Crippen LogP contribution < -0.4 is 10.2 Å². The number of nitrogens with one attached hydrogen (secondary N) is 1. The minimum atomic E-state index is -0.986. The fourth-order valence-electron chi connectivity index (χ4n) is 5.06. The molecule has 4 rings (SSSR count). The number of hydrogen-bond donors (Lipinski definition) is 2. The number of nitro benzene ring substituents is 1. The van der Waals surface area contributed by atoms with Crippen LogP contribution in [0.15, 0.2) is 54.6 Å². The number of aliphatic hydroxyl groups is 1. The van der Waals surface area contributed by atoms with Crippen LogP contribution >= 0.6 is 0 Å². The lowest BCUT2D eigenvalue weighted by molar-refractivity contribution is -0.384. The number of non-ortho nitro benzene ring substituents is 1. The summed E-state index contributed by atoms with van der Waals surface area (Å²) in [6, 6.07) is 15.0. The van der Waals surface area contributed by atoms with Crippen molar-refractivity contribution in [2.75, 3.05) is 37.7 Å². The molecule has 0 spiro atoms. The van der Waals surface area contributed by atoms with Crippen molar-refractivity contribution in [2.45, 2.75) is 37.1 Å². The molecule has 1 saturated carbocycles. The van der Waals surface area contributed by atoms with Gasteiger partial charge in [0.05, 0.1) is 16.9 Å². The molecule has 1 atom stereocenters. The van der Waals surface area contributed by atoms with Crippen molar-refractivity contribution >= 4 is 23.2 Å². The highest BCUT2D eigenvalue weighted by molar-refractivity contribution is 5.93. The second-order valence-electron chi connectivity index (χ2n) is 8.95. The van der Waals surface area contributed by atoms with Gasteiger partial charge in [-0.25, -0.2) is 0 Å². The van der Waals surface area contributed by atoms with Crippen molar-refractivity contribution in [1.29, 1.82) is 0 Å². The molecule has 0 unspecified atom stereocenters. The molecule has 1 aliphatic carbocycles. The first kappa shape index (κ1) is 23.7. The maximum Gasteiger partial charge on any atom is 0.269 e. The van der Waals surface area contributed by atoms with E-state index in [-0.39, 0.29) is 17.5 Å². The molecule has 2 N–H and O–H groups in total. The molecular weight excluding hydrogens is 436 g/mol. The highest BCUT2D eigenvalue weighted by Gasteiger charge is 2.44. The number of amides is 2. The molecule has 2 amide bonds. The zero-order valence-corrected chi connectivity index (χ0v) is 19.1. The first-order valence-corrected chi connectivity index (χ1v) is 11.7. The van der Waals surface area contributed by atoms with Crippen molar-refractivity contribution < 1.29 is 19.6 Å². The molecule has 1 heterocycles. The lowest BCUT2D eigenvalue weighted by Crippen LogP contribution is -2.58. The van der Waals surface area contributed by atoms with E-state index in [1.54, 1.807) is 17.0 Å². The van der Waals surface area contributed by atoms with Crippen LogP contribution in [0.25, 0.3) is 0 Å². The molecule has 1 saturated heterocycles. The second kappa shape index (κ2) is 10.2. The van der Waals surface area contributed by atoms with Crippen LogP contribution in [-0.2, 0) is 15.0 Å². The number of aliphatic hydroxyl groups excluding tert-OH is 1. The average molecular weight is 467 g/mol. The highest BCUT2D eigenvalue weighted by atomic mass is 16.6. The smallest absolute Gasteiger partial charge is 0.269 e. The van der Waals surface area contributed by atoms with Crippen LogP contribution in [0.4, 0.5) is 11.4 Å². The van der Waals surface area contributed by atoms with Gasteiger partial charge in [0.2, 0.25) is 11.8 Å². The van der Waals surface area contributed by atoms with Gasteiger partial charge in [-0.3, -0.25) is 19.7 Å². The molecule has 34 heavy (non-hydrogen) atoms. The highest BCUT2D eigenvalue weighted by Crippen LogP contribution is 2.41. The molecule has 1 aliphatic heterocycles. The number of anilines is 1. The number of carbonyl (C=O) groups excluding carboxylic acids is 2. The summed E-state index contributed by atoms with van der Waals surface area (Å²) in [4.78, 5) is 40.7. The van der Waals surface area contributed by atoms with Gasteiger partial charge in [-0.05, 0) is 30.5 Å². The zero-order chi connectivity index (χ0) is 24.1.